The van der Waals surface area contributed by atoms with Gasteiger partial charge in [0, 0.05) is 34.4 Å². The van der Waals surface area contributed by atoms with Gasteiger partial charge in [-0.15, -0.1) is 11.3 Å². The first-order valence-electron chi connectivity index (χ1n) is 13.8. The highest BCUT2D eigenvalue weighted by Gasteiger charge is 2.26. The van der Waals surface area contributed by atoms with Gasteiger partial charge >= 0.3 is 6.09 Å². The number of nitrogens with zero attached hydrogens (tertiary/aromatic N) is 1. The number of amides is 2. The van der Waals surface area contributed by atoms with Gasteiger partial charge in [0.1, 0.15) is 10.6 Å². The number of carbonyl (C=O) groups is 2. The fourth-order valence-corrected chi connectivity index (χ4v) is 5.60. The summed E-state index contributed by atoms with van der Waals surface area (Å²) in [4.78, 5) is 31.2. The zero-order chi connectivity index (χ0) is 30.8. The topological polar surface area (TPSA) is 132 Å². The molecule has 0 aliphatic carbocycles. The zero-order valence-electron chi connectivity index (χ0n) is 24.2. The van der Waals surface area contributed by atoms with Crippen molar-refractivity contribution in [1.82, 2.24) is 15.6 Å². The highest BCUT2D eigenvalue weighted by molar-refractivity contribution is 7.80. The maximum absolute atomic E-state index is 13.9. The van der Waals surface area contributed by atoms with E-state index in [4.69, 9.17) is 9.72 Å². The van der Waals surface area contributed by atoms with Crippen LogP contribution in [0, 0.1) is 5.92 Å². The van der Waals surface area contributed by atoms with Crippen LogP contribution in [0.15, 0.2) is 90.3 Å². The molecule has 0 radical (unpaired) electrons. The van der Waals surface area contributed by atoms with Crippen molar-refractivity contribution >= 4 is 40.3 Å². The van der Waals surface area contributed by atoms with Crippen molar-refractivity contribution in [3.05, 3.63) is 106 Å². The van der Waals surface area contributed by atoms with Gasteiger partial charge in [0.05, 0.1) is 17.7 Å². The number of alkyl carbamates (subject to hydrolysis) is 1. The molecule has 2 amide bonds. The van der Waals surface area contributed by atoms with E-state index in [1.165, 1.54) is 11.3 Å². The minimum absolute atomic E-state index is 0.0855. The van der Waals surface area contributed by atoms with Gasteiger partial charge in [0.25, 0.3) is 0 Å². The Morgan fingerprint density at radius 1 is 0.930 bits per heavy atom. The third-order valence-corrected chi connectivity index (χ3v) is 7.75. The molecule has 0 fully saturated rings. The molecule has 0 spiro atoms. The fourth-order valence-electron chi connectivity index (χ4n) is 4.40. The first-order valence-corrected chi connectivity index (χ1v) is 15.8. The van der Waals surface area contributed by atoms with Gasteiger partial charge in [-0.3, -0.25) is 9.00 Å². The summed E-state index contributed by atoms with van der Waals surface area (Å²) in [6, 6.07) is 25.9. The summed E-state index contributed by atoms with van der Waals surface area (Å²) < 4.78 is 29.8. The molecule has 1 heterocycles. The third kappa shape index (κ3) is 10.3. The van der Waals surface area contributed by atoms with Crippen LogP contribution in [0.2, 0.25) is 0 Å². The van der Waals surface area contributed by atoms with E-state index in [1.54, 1.807) is 32.9 Å². The van der Waals surface area contributed by atoms with Gasteiger partial charge in [-0.1, -0.05) is 72.8 Å². The second-order valence-corrected chi connectivity index (χ2v) is 12.6. The number of ether oxygens (including phenoxy) is 1. The second-order valence-electron chi connectivity index (χ2n) is 11.0. The Morgan fingerprint density at radius 2 is 1.56 bits per heavy atom. The van der Waals surface area contributed by atoms with Crippen LogP contribution in [0.25, 0.3) is 11.3 Å². The molecule has 0 saturated carbocycles. The summed E-state index contributed by atoms with van der Waals surface area (Å²) in [5.74, 6) is -0.814. The number of carbonyl (C=O) groups excluding carboxylic acids is 2. The van der Waals surface area contributed by atoms with Crippen LogP contribution in [0.3, 0.4) is 0 Å². The van der Waals surface area contributed by atoms with Crippen molar-refractivity contribution < 1.29 is 23.1 Å². The largest absolute Gasteiger partial charge is 0.755 e. The number of aromatic nitrogens is 1. The standard InChI is InChI=1S/C32H36N4O5S2/c1-32(2,3)41-31(38)33-20-25(18-22-10-6-4-7-11-22)29(37)34-27(19-23-14-16-26(17-15-23)36-43(39)40)30-35-28(21-42-30)24-12-8-5-9-13-24/h4-17,21,25,27,36H,18-20H2,1-3H3,(H,33,38)(H,34,37)(H,39,40)/p-1/t25-,27-/m0/s1. The first-order chi connectivity index (χ1) is 20.6. The third-order valence-electron chi connectivity index (χ3n) is 6.39. The Morgan fingerprint density at radius 3 is 2.19 bits per heavy atom. The summed E-state index contributed by atoms with van der Waals surface area (Å²) in [5, 5.41) is 8.64. The molecule has 3 atom stereocenters. The van der Waals surface area contributed by atoms with E-state index in [1.807, 2.05) is 78.2 Å². The van der Waals surface area contributed by atoms with Crippen LogP contribution in [-0.2, 0) is 33.6 Å². The molecule has 4 rings (SSSR count). The predicted molar refractivity (Wildman–Crippen MR) is 169 cm³/mol. The predicted octanol–water partition coefficient (Wildman–Crippen LogP) is 5.80. The summed E-state index contributed by atoms with van der Waals surface area (Å²) >= 11 is -0.969. The smallest absolute Gasteiger partial charge is 0.407 e. The van der Waals surface area contributed by atoms with E-state index in [0.717, 1.165) is 27.4 Å². The van der Waals surface area contributed by atoms with Gasteiger partial charge < -0.3 is 24.6 Å². The average molecular weight is 620 g/mol. The molecule has 43 heavy (non-hydrogen) atoms. The first kappa shape index (κ1) is 31.9. The lowest BCUT2D eigenvalue weighted by molar-refractivity contribution is -0.125. The van der Waals surface area contributed by atoms with E-state index in [-0.39, 0.29) is 12.5 Å². The minimum atomic E-state index is -2.42. The average Bonchev–Trinajstić information content (AvgIpc) is 3.46. The number of benzene rings is 3. The van der Waals surface area contributed by atoms with E-state index in [2.05, 4.69) is 15.4 Å². The maximum Gasteiger partial charge on any atom is 0.407 e. The van der Waals surface area contributed by atoms with Gasteiger partial charge in [-0.25, -0.2) is 9.78 Å². The quantitative estimate of drug-likeness (QED) is 0.172. The van der Waals surface area contributed by atoms with Crippen LogP contribution >= 0.6 is 11.3 Å². The summed E-state index contributed by atoms with van der Waals surface area (Å²) in [6.07, 6.45) is 0.246. The van der Waals surface area contributed by atoms with Crippen molar-refractivity contribution in [3.63, 3.8) is 0 Å². The van der Waals surface area contributed by atoms with E-state index < -0.39 is 34.9 Å². The molecule has 3 aromatic carbocycles. The summed E-state index contributed by atoms with van der Waals surface area (Å²) in [6.45, 7) is 5.44. The molecule has 4 aromatic rings. The molecule has 3 N–H and O–H groups in total. The summed E-state index contributed by atoms with van der Waals surface area (Å²) in [7, 11) is 0. The molecule has 1 aromatic heterocycles. The number of thiazole rings is 1. The van der Waals surface area contributed by atoms with E-state index >= 15 is 0 Å². The molecule has 0 saturated heterocycles. The molecule has 0 aliphatic rings. The molecule has 0 aliphatic heterocycles. The Labute approximate surface area is 258 Å². The van der Waals surface area contributed by atoms with Crippen LogP contribution in [0.4, 0.5) is 10.5 Å². The van der Waals surface area contributed by atoms with Gasteiger partial charge in [-0.2, -0.15) is 0 Å². The second kappa shape index (κ2) is 14.9. The van der Waals surface area contributed by atoms with Crippen molar-refractivity contribution in [2.45, 2.75) is 45.3 Å². The Balaban J connectivity index is 1.58. The lowest BCUT2D eigenvalue weighted by atomic mass is 9.97. The monoisotopic (exact) mass is 619 g/mol. The van der Waals surface area contributed by atoms with Crippen LogP contribution < -0.4 is 15.4 Å². The van der Waals surface area contributed by atoms with E-state index in [9.17, 15) is 18.4 Å². The number of anilines is 1. The Kier molecular flexibility index (Phi) is 11.0. The molecule has 226 valence electrons. The molecule has 9 nitrogen and oxygen atoms in total. The van der Waals surface area contributed by atoms with Crippen LogP contribution in [0.1, 0.15) is 42.9 Å². The normalized spacial score (nSPS) is 13.4. The molecule has 11 heteroatoms. The zero-order valence-corrected chi connectivity index (χ0v) is 25.9. The molecule has 1 unspecified atom stereocenters. The Bertz CT molecular complexity index is 1510. The van der Waals surface area contributed by atoms with Crippen molar-refractivity contribution in [2.75, 3.05) is 11.3 Å². The number of nitrogens with one attached hydrogen (secondary N) is 3. The minimum Gasteiger partial charge on any atom is -0.755 e. The number of rotatable bonds is 12. The lowest BCUT2D eigenvalue weighted by Gasteiger charge is -2.24. The van der Waals surface area contributed by atoms with Crippen molar-refractivity contribution in [1.29, 1.82) is 0 Å². The van der Waals surface area contributed by atoms with E-state index in [0.29, 0.717) is 18.5 Å². The van der Waals surface area contributed by atoms with Crippen molar-refractivity contribution in [3.8, 4) is 11.3 Å². The molecular weight excluding hydrogens is 585 g/mol. The number of hydrogen-bond acceptors (Lipinski definition) is 7. The number of hydrogen-bond donors (Lipinski definition) is 3. The summed E-state index contributed by atoms with van der Waals surface area (Å²) in [5.41, 5.74) is 3.40. The highest BCUT2D eigenvalue weighted by Crippen LogP contribution is 2.28. The Hall–Kier alpha value is -4.06. The van der Waals surface area contributed by atoms with Gasteiger partial charge in [0.2, 0.25) is 5.91 Å². The molecule has 0 bridgehead atoms. The van der Waals surface area contributed by atoms with Gasteiger partial charge in [-0.05, 0) is 56.9 Å². The molecular formula is C32H35N4O5S2-. The fraction of sp³-hybridized carbons (Fsp3) is 0.281. The van der Waals surface area contributed by atoms with Crippen LogP contribution in [-0.4, -0.2) is 37.9 Å². The maximum atomic E-state index is 13.9. The SMILES string of the molecule is CC(C)(C)OC(=O)NC[C@H](Cc1ccccc1)C(=O)N[C@@H](Cc1ccc(NS(=O)[O-])cc1)c1nc(-c2ccccc2)cs1. The highest BCUT2D eigenvalue weighted by atomic mass is 32.2. The van der Waals surface area contributed by atoms with Crippen molar-refractivity contribution in [2.24, 2.45) is 5.92 Å². The lowest BCUT2D eigenvalue weighted by Crippen LogP contribution is -2.43. The van der Waals surface area contributed by atoms with Gasteiger partial charge in [0.15, 0.2) is 0 Å². The van der Waals surface area contributed by atoms with Crippen LogP contribution in [0.5, 0.6) is 0 Å².